The number of ether oxygens (including phenoxy) is 2. The predicted molar refractivity (Wildman–Crippen MR) is 93.5 cm³/mol. The Labute approximate surface area is 150 Å². The van der Waals surface area contributed by atoms with Crippen LogP contribution in [0.25, 0.3) is 5.69 Å². The van der Waals surface area contributed by atoms with Gasteiger partial charge in [-0.15, -0.1) is 0 Å². The third-order valence-electron chi connectivity index (χ3n) is 4.51. The van der Waals surface area contributed by atoms with Crippen LogP contribution in [0, 0.1) is 0 Å². The van der Waals surface area contributed by atoms with Gasteiger partial charge in [-0.05, 0) is 26.0 Å². The van der Waals surface area contributed by atoms with E-state index < -0.39 is 11.7 Å². The summed E-state index contributed by atoms with van der Waals surface area (Å²) in [6, 6.07) is 5.59. The number of nitrogens with one attached hydrogen (secondary N) is 1. The number of aromatic nitrogens is 2. The summed E-state index contributed by atoms with van der Waals surface area (Å²) in [7, 11) is 0. The first-order valence-corrected chi connectivity index (χ1v) is 8.45. The summed E-state index contributed by atoms with van der Waals surface area (Å²) in [6.45, 7) is 6.01. The molecule has 1 aromatic carbocycles. The standard InChI is InChI=1S/C18H20N4O4/c1-11(23)20-9-13-10-22(17(24)25-13)12-4-5-14-15(8-12)26-18(2,3)16-19-6-7-21(14)16/h4-8,13H,9-10H2,1-3H3,(H,20,23)/t13-/m0/s1. The second-order valence-electron chi connectivity index (χ2n) is 6.94. The van der Waals surface area contributed by atoms with Crippen molar-refractivity contribution >= 4 is 17.7 Å². The lowest BCUT2D eigenvalue weighted by Crippen LogP contribution is -2.34. The van der Waals surface area contributed by atoms with E-state index in [0.29, 0.717) is 24.5 Å². The van der Waals surface area contributed by atoms with E-state index in [1.54, 1.807) is 11.1 Å². The number of rotatable bonds is 3. The number of benzene rings is 1. The van der Waals surface area contributed by atoms with Crippen LogP contribution in [0.4, 0.5) is 10.5 Å². The number of hydrogen-bond acceptors (Lipinski definition) is 5. The molecule has 136 valence electrons. The Morgan fingerprint density at radius 1 is 1.42 bits per heavy atom. The third kappa shape index (κ3) is 2.67. The summed E-state index contributed by atoms with van der Waals surface area (Å²) in [5.74, 6) is 1.35. The number of nitrogens with zero attached hydrogens (tertiary/aromatic N) is 3. The molecule has 3 heterocycles. The van der Waals surface area contributed by atoms with Gasteiger partial charge in [0.15, 0.2) is 11.4 Å². The Bertz CT molecular complexity index is 889. The van der Waals surface area contributed by atoms with Crippen LogP contribution in [0.15, 0.2) is 30.6 Å². The summed E-state index contributed by atoms with van der Waals surface area (Å²) in [5.41, 5.74) is 0.996. The molecule has 8 heteroatoms. The van der Waals surface area contributed by atoms with Crippen molar-refractivity contribution in [3.05, 3.63) is 36.4 Å². The van der Waals surface area contributed by atoms with Crippen molar-refractivity contribution in [3.63, 3.8) is 0 Å². The van der Waals surface area contributed by atoms with Crippen LogP contribution in [-0.4, -0.2) is 40.7 Å². The Morgan fingerprint density at radius 3 is 3.00 bits per heavy atom. The van der Waals surface area contributed by atoms with Gasteiger partial charge in [0.25, 0.3) is 0 Å². The monoisotopic (exact) mass is 356 g/mol. The van der Waals surface area contributed by atoms with E-state index in [9.17, 15) is 9.59 Å². The van der Waals surface area contributed by atoms with Crippen molar-refractivity contribution < 1.29 is 19.1 Å². The molecule has 2 aliphatic heterocycles. The van der Waals surface area contributed by atoms with Crippen LogP contribution in [0.3, 0.4) is 0 Å². The van der Waals surface area contributed by atoms with E-state index in [4.69, 9.17) is 9.47 Å². The van der Waals surface area contributed by atoms with E-state index in [-0.39, 0.29) is 12.0 Å². The van der Waals surface area contributed by atoms with Crippen molar-refractivity contribution in [2.75, 3.05) is 18.0 Å². The highest BCUT2D eigenvalue weighted by Crippen LogP contribution is 2.40. The lowest BCUT2D eigenvalue weighted by atomic mass is 10.1. The van der Waals surface area contributed by atoms with Gasteiger partial charge in [0.05, 0.1) is 24.5 Å². The van der Waals surface area contributed by atoms with Crippen LogP contribution in [0.1, 0.15) is 26.6 Å². The maximum atomic E-state index is 12.2. The zero-order valence-corrected chi connectivity index (χ0v) is 14.9. The van der Waals surface area contributed by atoms with Crippen LogP contribution >= 0.6 is 0 Å². The molecule has 0 unspecified atom stereocenters. The highest BCUT2D eigenvalue weighted by atomic mass is 16.6. The third-order valence-corrected chi connectivity index (χ3v) is 4.51. The van der Waals surface area contributed by atoms with Crippen molar-refractivity contribution in [2.24, 2.45) is 0 Å². The fourth-order valence-corrected chi connectivity index (χ4v) is 3.31. The van der Waals surface area contributed by atoms with Gasteiger partial charge in [-0.1, -0.05) is 0 Å². The SMILES string of the molecule is CC(=O)NC[C@H]1CN(c2ccc3c(c2)OC(C)(C)c2nccn2-3)C(=O)O1. The topological polar surface area (TPSA) is 85.7 Å². The molecule has 2 amide bonds. The minimum Gasteiger partial charge on any atom is -0.478 e. The van der Waals surface area contributed by atoms with Gasteiger partial charge in [-0.25, -0.2) is 9.78 Å². The van der Waals surface area contributed by atoms with E-state index in [1.807, 2.05) is 42.8 Å². The van der Waals surface area contributed by atoms with Crippen molar-refractivity contribution in [1.29, 1.82) is 0 Å². The van der Waals surface area contributed by atoms with E-state index in [1.165, 1.54) is 6.92 Å². The molecule has 2 aliphatic rings. The number of anilines is 1. The molecule has 0 spiro atoms. The van der Waals surface area contributed by atoms with Gasteiger partial charge in [-0.3, -0.25) is 14.3 Å². The lowest BCUT2D eigenvalue weighted by molar-refractivity contribution is -0.119. The molecule has 1 N–H and O–H groups in total. The fourth-order valence-electron chi connectivity index (χ4n) is 3.31. The molecule has 0 radical (unpaired) electrons. The van der Waals surface area contributed by atoms with Crippen LogP contribution in [-0.2, 0) is 15.1 Å². The number of carbonyl (C=O) groups excluding carboxylic acids is 2. The summed E-state index contributed by atoms with van der Waals surface area (Å²) in [5, 5.41) is 2.67. The molecule has 1 saturated heterocycles. The summed E-state index contributed by atoms with van der Waals surface area (Å²) < 4.78 is 13.4. The second kappa shape index (κ2) is 5.76. The molecule has 1 atom stereocenters. The molecule has 26 heavy (non-hydrogen) atoms. The Morgan fingerprint density at radius 2 is 2.23 bits per heavy atom. The minimum absolute atomic E-state index is 0.153. The highest BCUT2D eigenvalue weighted by molar-refractivity contribution is 5.90. The molecule has 2 aromatic rings. The van der Waals surface area contributed by atoms with Crippen LogP contribution in [0.2, 0.25) is 0 Å². The number of fused-ring (bicyclic) bond motifs is 3. The molecule has 1 aromatic heterocycles. The summed E-state index contributed by atoms with van der Waals surface area (Å²) >= 11 is 0. The number of hydrogen-bond donors (Lipinski definition) is 1. The molecule has 0 aliphatic carbocycles. The fraction of sp³-hybridized carbons (Fsp3) is 0.389. The van der Waals surface area contributed by atoms with Crippen molar-refractivity contribution in [3.8, 4) is 11.4 Å². The quantitative estimate of drug-likeness (QED) is 0.909. The van der Waals surface area contributed by atoms with Crippen LogP contribution < -0.4 is 15.0 Å². The van der Waals surface area contributed by atoms with Gasteiger partial charge < -0.3 is 14.8 Å². The smallest absolute Gasteiger partial charge is 0.414 e. The first-order valence-electron chi connectivity index (χ1n) is 8.45. The number of cyclic esters (lactones) is 1. The lowest BCUT2D eigenvalue weighted by Gasteiger charge is -2.33. The Hall–Kier alpha value is -3.03. The number of amides is 2. The maximum Gasteiger partial charge on any atom is 0.414 e. The zero-order chi connectivity index (χ0) is 18.5. The summed E-state index contributed by atoms with van der Waals surface area (Å²) in [4.78, 5) is 29.2. The second-order valence-corrected chi connectivity index (χ2v) is 6.94. The molecular weight excluding hydrogens is 336 g/mol. The van der Waals surface area contributed by atoms with E-state index in [0.717, 1.165) is 11.5 Å². The molecule has 0 saturated carbocycles. The Kier molecular flexibility index (Phi) is 3.64. The number of carbonyl (C=O) groups is 2. The van der Waals surface area contributed by atoms with Gasteiger partial charge in [-0.2, -0.15) is 0 Å². The molecule has 0 bridgehead atoms. The molecule has 1 fully saturated rings. The first kappa shape index (κ1) is 16.4. The molecule has 8 nitrogen and oxygen atoms in total. The predicted octanol–water partition coefficient (Wildman–Crippen LogP) is 1.96. The first-order chi connectivity index (χ1) is 12.3. The van der Waals surface area contributed by atoms with Gasteiger partial charge in [0.1, 0.15) is 11.9 Å². The normalized spacial score (nSPS) is 20.0. The van der Waals surface area contributed by atoms with Crippen LogP contribution in [0.5, 0.6) is 5.75 Å². The highest BCUT2D eigenvalue weighted by Gasteiger charge is 2.36. The Balaban J connectivity index is 1.61. The minimum atomic E-state index is -0.575. The van der Waals surface area contributed by atoms with E-state index in [2.05, 4.69) is 10.3 Å². The largest absolute Gasteiger partial charge is 0.478 e. The zero-order valence-electron chi connectivity index (χ0n) is 14.9. The average Bonchev–Trinajstić information content (AvgIpc) is 3.19. The van der Waals surface area contributed by atoms with Gasteiger partial charge >= 0.3 is 6.09 Å². The van der Waals surface area contributed by atoms with E-state index >= 15 is 0 Å². The summed E-state index contributed by atoms with van der Waals surface area (Å²) in [6.07, 6.45) is 2.83. The van der Waals surface area contributed by atoms with Crippen molar-refractivity contribution in [2.45, 2.75) is 32.5 Å². The maximum absolute atomic E-state index is 12.2. The van der Waals surface area contributed by atoms with Crippen molar-refractivity contribution in [1.82, 2.24) is 14.9 Å². The number of imidazole rings is 1. The average molecular weight is 356 g/mol. The van der Waals surface area contributed by atoms with Gasteiger partial charge in [0.2, 0.25) is 5.91 Å². The molecule has 4 rings (SSSR count). The molecular formula is C18H20N4O4. The van der Waals surface area contributed by atoms with Gasteiger partial charge in [0, 0.05) is 25.4 Å².